The SMILES string of the molecule is O=C1C=C(CCc2ccccc2)OC(=O)C1. The Morgan fingerprint density at radius 1 is 1.06 bits per heavy atom. The van der Waals surface area contributed by atoms with E-state index in [0.29, 0.717) is 12.2 Å². The number of aryl methyl sites for hydroxylation is 1. The Kier molecular flexibility index (Phi) is 3.15. The number of hydrogen-bond acceptors (Lipinski definition) is 3. The van der Waals surface area contributed by atoms with Crippen molar-refractivity contribution in [3.05, 3.63) is 47.7 Å². The van der Waals surface area contributed by atoms with Crippen molar-refractivity contribution in [2.45, 2.75) is 19.3 Å². The van der Waals surface area contributed by atoms with Gasteiger partial charge in [0.15, 0.2) is 5.78 Å². The van der Waals surface area contributed by atoms with Gasteiger partial charge in [0.25, 0.3) is 0 Å². The van der Waals surface area contributed by atoms with Crippen LogP contribution in [0.15, 0.2) is 42.2 Å². The second kappa shape index (κ2) is 4.75. The second-order valence-corrected chi connectivity index (χ2v) is 3.71. The summed E-state index contributed by atoms with van der Waals surface area (Å²) in [7, 11) is 0. The molecule has 0 aromatic heterocycles. The van der Waals surface area contributed by atoms with Crippen LogP contribution in [0.5, 0.6) is 0 Å². The van der Waals surface area contributed by atoms with E-state index in [-0.39, 0.29) is 12.2 Å². The summed E-state index contributed by atoms with van der Waals surface area (Å²) in [6.45, 7) is 0. The van der Waals surface area contributed by atoms with E-state index in [0.717, 1.165) is 12.0 Å². The molecule has 16 heavy (non-hydrogen) atoms. The summed E-state index contributed by atoms with van der Waals surface area (Å²) in [6, 6.07) is 9.89. The fraction of sp³-hybridized carbons (Fsp3) is 0.231. The molecule has 0 spiro atoms. The van der Waals surface area contributed by atoms with Gasteiger partial charge in [0, 0.05) is 12.5 Å². The minimum Gasteiger partial charge on any atom is -0.431 e. The average molecular weight is 216 g/mol. The molecule has 3 heteroatoms. The number of ether oxygens (including phenoxy) is 1. The predicted octanol–water partition coefficient (Wildman–Crippen LogP) is 2.02. The number of carbonyl (C=O) groups is 2. The molecule has 1 heterocycles. The minimum absolute atomic E-state index is 0.130. The zero-order chi connectivity index (χ0) is 11.4. The van der Waals surface area contributed by atoms with E-state index < -0.39 is 5.97 Å². The van der Waals surface area contributed by atoms with Crippen molar-refractivity contribution >= 4 is 11.8 Å². The van der Waals surface area contributed by atoms with Crippen LogP contribution in [0.2, 0.25) is 0 Å². The van der Waals surface area contributed by atoms with Crippen LogP contribution in [0.1, 0.15) is 18.4 Å². The molecule has 82 valence electrons. The normalized spacial score (nSPS) is 15.6. The summed E-state index contributed by atoms with van der Waals surface area (Å²) in [5.74, 6) is -0.139. The Balaban J connectivity index is 1.96. The van der Waals surface area contributed by atoms with Gasteiger partial charge in [-0.05, 0) is 12.0 Å². The highest BCUT2D eigenvalue weighted by atomic mass is 16.5. The third kappa shape index (κ3) is 2.79. The first-order valence-electron chi connectivity index (χ1n) is 5.22. The molecule has 0 radical (unpaired) electrons. The van der Waals surface area contributed by atoms with Gasteiger partial charge in [-0.25, -0.2) is 0 Å². The highest BCUT2D eigenvalue weighted by Gasteiger charge is 2.18. The van der Waals surface area contributed by atoms with Gasteiger partial charge in [-0.1, -0.05) is 30.3 Å². The largest absolute Gasteiger partial charge is 0.431 e. The van der Waals surface area contributed by atoms with Crippen molar-refractivity contribution in [3.63, 3.8) is 0 Å². The molecule has 0 unspecified atom stereocenters. The fourth-order valence-electron chi connectivity index (χ4n) is 1.62. The summed E-state index contributed by atoms with van der Waals surface area (Å²) in [6.07, 6.45) is 2.65. The second-order valence-electron chi connectivity index (χ2n) is 3.71. The van der Waals surface area contributed by atoms with Crippen molar-refractivity contribution in [1.29, 1.82) is 0 Å². The molecule has 1 aliphatic heterocycles. The highest BCUT2D eigenvalue weighted by molar-refractivity contribution is 6.04. The number of benzene rings is 1. The van der Waals surface area contributed by atoms with E-state index in [1.807, 2.05) is 30.3 Å². The van der Waals surface area contributed by atoms with Crippen molar-refractivity contribution in [2.75, 3.05) is 0 Å². The van der Waals surface area contributed by atoms with Crippen LogP contribution in [-0.4, -0.2) is 11.8 Å². The monoisotopic (exact) mass is 216 g/mol. The van der Waals surface area contributed by atoms with Crippen LogP contribution in [0.25, 0.3) is 0 Å². The van der Waals surface area contributed by atoms with Crippen LogP contribution < -0.4 is 0 Å². The summed E-state index contributed by atoms with van der Waals surface area (Å²) < 4.78 is 4.98. The van der Waals surface area contributed by atoms with Gasteiger partial charge >= 0.3 is 5.97 Å². The smallest absolute Gasteiger partial charge is 0.318 e. The van der Waals surface area contributed by atoms with Crippen LogP contribution in [0, 0.1) is 0 Å². The molecular formula is C13H12O3. The van der Waals surface area contributed by atoms with Crippen molar-refractivity contribution in [2.24, 2.45) is 0 Å². The van der Waals surface area contributed by atoms with E-state index in [1.54, 1.807) is 0 Å². The zero-order valence-electron chi connectivity index (χ0n) is 8.81. The Morgan fingerprint density at radius 3 is 2.50 bits per heavy atom. The number of esters is 1. The lowest BCUT2D eigenvalue weighted by Crippen LogP contribution is -2.16. The number of rotatable bonds is 3. The van der Waals surface area contributed by atoms with E-state index in [9.17, 15) is 9.59 Å². The van der Waals surface area contributed by atoms with E-state index in [4.69, 9.17) is 4.74 Å². The van der Waals surface area contributed by atoms with Gasteiger partial charge in [-0.3, -0.25) is 9.59 Å². The third-order valence-electron chi connectivity index (χ3n) is 2.39. The molecule has 0 N–H and O–H groups in total. The van der Waals surface area contributed by atoms with Crippen molar-refractivity contribution in [1.82, 2.24) is 0 Å². The number of ketones is 1. The maximum Gasteiger partial charge on any atom is 0.318 e. The lowest BCUT2D eigenvalue weighted by atomic mass is 10.1. The van der Waals surface area contributed by atoms with E-state index >= 15 is 0 Å². The zero-order valence-corrected chi connectivity index (χ0v) is 8.81. The first-order chi connectivity index (χ1) is 7.74. The molecule has 1 aromatic rings. The first kappa shape index (κ1) is 10.6. The summed E-state index contributed by atoms with van der Waals surface area (Å²) >= 11 is 0. The third-order valence-corrected chi connectivity index (χ3v) is 2.39. The molecule has 0 amide bonds. The molecule has 0 bridgehead atoms. The Morgan fingerprint density at radius 2 is 1.81 bits per heavy atom. The van der Waals surface area contributed by atoms with Crippen molar-refractivity contribution in [3.8, 4) is 0 Å². The van der Waals surface area contributed by atoms with Crippen LogP contribution in [-0.2, 0) is 20.7 Å². The quantitative estimate of drug-likeness (QED) is 0.573. The average Bonchev–Trinajstić information content (AvgIpc) is 2.27. The molecule has 1 aliphatic rings. The molecule has 3 nitrogen and oxygen atoms in total. The molecule has 0 saturated carbocycles. The minimum atomic E-state index is -0.449. The van der Waals surface area contributed by atoms with Crippen LogP contribution >= 0.6 is 0 Å². The van der Waals surface area contributed by atoms with Gasteiger partial charge in [0.2, 0.25) is 0 Å². The van der Waals surface area contributed by atoms with Crippen LogP contribution in [0.4, 0.5) is 0 Å². The molecular weight excluding hydrogens is 204 g/mol. The maximum absolute atomic E-state index is 11.1. The molecule has 0 saturated heterocycles. The number of allylic oxidation sites excluding steroid dienone is 2. The van der Waals surface area contributed by atoms with Gasteiger partial charge in [0.05, 0.1) is 0 Å². The first-order valence-corrected chi connectivity index (χ1v) is 5.22. The predicted molar refractivity (Wildman–Crippen MR) is 58.6 cm³/mol. The Labute approximate surface area is 93.7 Å². The van der Waals surface area contributed by atoms with E-state index in [2.05, 4.69) is 0 Å². The van der Waals surface area contributed by atoms with Gasteiger partial charge in [-0.15, -0.1) is 0 Å². The van der Waals surface area contributed by atoms with E-state index in [1.165, 1.54) is 6.08 Å². The van der Waals surface area contributed by atoms with Gasteiger partial charge in [-0.2, -0.15) is 0 Å². The lowest BCUT2D eigenvalue weighted by Gasteiger charge is -2.12. The fourth-order valence-corrected chi connectivity index (χ4v) is 1.62. The van der Waals surface area contributed by atoms with Crippen molar-refractivity contribution < 1.29 is 14.3 Å². The molecule has 0 aliphatic carbocycles. The summed E-state index contributed by atoms with van der Waals surface area (Å²) in [5.41, 5.74) is 1.16. The Bertz CT molecular complexity index is 432. The van der Waals surface area contributed by atoms with Crippen LogP contribution in [0.3, 0.4) is 0 Å². The molecule has 0 atom stereocenters. The van der Waals surface area contributed by atoms with Gasteiger partial charge < -0.3 is 4.74 Å². The maximum atomic E-state index is 11.1. The lowest BCUT2D eigenvalue weighted by molar-refractivity contribution is -0.143. The number of carbonyl (C=O) groups excluding carboxylic acids is 2. The number of hydrogen-bond donors (Lipinski definition) is 0. The number of cyclic esters (lactones) is 1. The molecule has 1 aromatic carbocycles. The molecule has 2 rings (SSSR count). The highest BCUT2D eigenvalue weighted by Crippen LogP contribution is 2.15. The Hall–Kier alpha value is -1.90. The summed E-state index contributed by atoms with van der Waals surface area (Å²) in [4.78, 5) is 22.1. The summed E-state index contributed by atoms with van der Waals surface area (Å²) in [5, 5.41) is 0. The topological polar surface area (TPSA) is 43.4 Å². The molecule has 0 fully saturated rings. The van der Waals surface area contributed by atoms with Gasteiger partial charge in [0.1, 0.15) is 12.2 Å². The standard InChI is InChI=1S/C13H12O3/c14-11-8-12(16-13(15)9-11)7-6-10-4-2-1-3-5-10/h1-5,8H,6-7,9H2.